The monoisotopic (exact) mass is 202 g/mol. The molecule has 1 heterocycles. The molecule has 0 bridgehead atoms. The van der Waals surface area contributed by atoms with Gasteiger partial charge < -0.3 is 10.3 Å². The number of aromatic amines is 1. The Bertz CT molecular complexity index is 516. The van der Waals surface area contributed by atoms with Crippen LogP contribution in [-0.4, -0.2) is 11.5 Å². The van der Waals surface area contributed by atoms with E-state index in [1.807, 2.05) is 37.3 Å². The van der Waals surface area contributed by atoms with Crippen molar-refractivity contribution in [3.63, 3.8) is 0 Å². The van der Waals surface area contributed by atoms with Crippen LogP contribution in [0.1, 0.15) is 12.5 Å². The first kappa shape index (κ1) is 9.93. The first-order chi connectivity index (χ1) is 7.31. The van der Waals surface area contributed by atoms with Crippen LogP contribution in [0, 0.1) is 0 Å². The summed E-state index contributed by atoms with van der Waals surface area (Å²) in [7, 11) is 0. The smallest absolute Gasteiger partial charge is 0.252 e. The molecule has 2 N–H and O–H groups in total. The zero-order chi connectivity index (χ0) is 10.7. The second kappa shape index (κ2) is 4.28. The Hall–Kier alpha value is -1.61. The molecule has 0 saturated heterocycles. The third-order valence-corrected chi connectivity index (χ3v) is 2.40. The summed E-state index contributed by atoms with van der Waals surface area (Å²) in [4.78, 5) is 14.5. The topological polar surface area (TPSA) is 44.9 Å². The van der Waals surface area contributed by atoms with Crippen LogP contribution in [0.25, 0.3) is 10.9 Å². The third-order valence-electron chi connectivity index (χ3n) is 2.40. The van der Waals surface area contributed by atoms with E-state index in [0.29, 0.717) is 6.54 Å². The Morgan fingerprint density at radius 1 is 1.33 bits per heavy atom. The number of hydrogen-bond acceptors (Lipinski definition) is 2. The molecule has 2 aromatic rings. The zero-order valence-corrected chi connectivity index (χ0v) is 8.71. The van der Waals surface area contributed by atoms with Gasteiger partial charge in [-0.25, -0.2) is 0 Å². The summed E-state index contributed by atoms with van der Waals surface area (Å²) in [6.45, 7) is 3.51. The Balaban J connectivity index is 2.48. The molecule has 15 heavy (non-hydrogen) atoms. The summed E-state index contributed by atoms with van der Waals surface area (Å²) in [5, 5.41) is 4.22. The molecule has 0 amide bonds. The van der Waals surface area contributed by atoms with Crippen LogP contribution >= 0.6 is 0 Å². The minimum atomic E-state index is -0.00495. The highest BCUT2D eigenvalue weighted by Gasteiger charge is 2.00. The molecule has 0 saturated carbocycles. The highest BCUT2D eigenvalue weighted by atomic mass is 16.1. The van der Waals surface area contributed by atoms with Gasteiger partial charge in [0.2, 0.25) is 0 Å². The molecule has 2 rings (SSSR count). The van der Waals surface area contributed by atoms with Gasteiger partial charge in [-0.15, -0.1) is 0 Å². The number of fused-ring (bicyclic) bond motifs is 1. The average molecular weight is 202 g/mol. The number of pyridine rings is 1. The molecule has 3 nitrogen and oxygen atoms in total. The zero-order valence-electron chi connectivity index (χ0n) is 8.71. The Kier molecular flexibility index (Phi) is 2.83. The second-order valence-corrected chi connectivity index (χ2v) is 3.49. The van der Waals surface area contributed by atoms with Crippen LogP contribution in [-0.2, 0) is 6.54 Å². The molecule has 0 radical (unpaired) electrons. The second-order valence-electron chi connectivity index (χ2n) is 3.49. The van der Waals surface area contributed by atoms with Gasteiger partial charge in [0, 0.05) is 17.6 Å². The standard InChI is InChI=1S/C12H14N2O/c1-2-13-8-10-7-9-5-3-4-6-11(9)14-12(10)15/h3-7,13H,2,8H2,1H3,(H,14,15). The lowest BCUT2D eigenvalue weighted by atomic mass is 10.1. The number of H-pyrrole nitrogens is 1. The molecule has 1 aromatic carbocycles. The Morgan fingerprint density at radius 3 is 2.93 bits per heavy atom. The van der Waals surface area contributed by atoms with Gasteiger partial charge in [0.1, 0.15) is 0 Å². The largest absolute Gasteiger partial charge is 0.322 e. The number of nitrogens with one attached hydrogen (secondary N) is 2. The van der Waals surface area contributed by atoms with E-state index in [9.17, 15) is 4.79 Å². The third kappa shape index (κ3) is 2.07. The molecule has 0 fully saturated rings. The first-order valence-corrected chi connectivity index (χ1v) is 5.13. The lowest BCUT2D eigenvalue weighted by Gasteiger charge is -2.03. The molecule has 0 unspecified atom stereocenters. The summed E-state index contributed by atoms with van der Waals surface area (Å²) < 4.78 is 0. The van der Waals surface area contributed by atoms with E-state index in [1.54, 1.807) is 0 Å². The molecule has 0 atom stereocenters. The van der Waals surface area contributed by atoms with Crippen LogP contribution < -0.4 is 10.9 Å². The van der Waals surface area contributed by atoms with E-state index in [0.717, 1.165) is 23.0 Å². The maximum atomic E-state index is 11.6. The van der Waals surface area contributed by atoms with Crippen molar-refractivity contribution in [3.05, 3.63) is 46.2 Å². The van der Waals surface area contributed by atoms with Gasteiger partial charge in [-0.2, -0.15) is 0 Å². The number of hydrogen-bond donors (Lipinski definition) is 2. The number of rotatable bonds is 3. The first-order valence-electron chi connectivity index (χ1n) is 5.13. The predicted molar refractivity (Wildman–Crippen MR) is 61.9 cm³/mol. The highest BCUT2D eigenvalue weighted by Crippen LogP contribution is 2.09. The van der Waals surface area contributed by atoms with Gasteiger partial charge in [-0.05, 0) is 24.1 Å². The normalized spacial score (nSPS) is 10.7. The summed E-state index contributed by atoms with van der Waals surface area (Å²) >= 11 is 0. The van der Waals surface area contributed by atoms with Gasteiger partial charge in [-0.1, -0.05) is 25.1 Å². The van der Waals surface area contributed by atoms with Crippen LogP contribution in [0.5, 0.6) is 0 Å². The molecule has 1 aromatic heterocycles. The lowest BCUT2D eigenvalue weighted by Crippen LogP contribution is -2.20. The number of aromatic nitrogens is 1. The van der Waals surface area contributed by atoms with Crippen LogP contribution in [0.4, 0.5) is 0 Å². The van der Waals surface area contributed by atoms with E-state index < -0.39 is 0 Å². The summed E-state index contributed by atoms with van der Waals surface area (Å²) in [6.07, 6.45) is 0. The maximum absolute atomic E-state index is 11.6. The van der Waals surface area contributed by atoms with E-state index in [1.165, 1.54) is 0 Å². The molecule has 78 valence electrons. The maximum Gasteiger partial charge on any atom is 0.252 e. The van der Waals surface area contributed by atoms with Crippen molar-refractivity contribution in [1.29, 1.82) is 0 Å². The van der Waals surface area contributed by atoms with Gasteiger partial charge in [0.05, 0.1) is 0 Å². The lowest BCUT2D eigenvalue weighted by molar-refractivity contribution is 0.721. The fourth-order valence-corrected chi connectivity index (χ4v) is 1.58. The van der Waals surface area contributed by atoms with E-state index in [4.69, 9.17) is 0 Å². The van der Waals surface area contributed by atoms with Crippen molar-refractivity contribution in [1.82, 2.24) is 10.3 Å². The number of para-hydroxylation sites is 1. The van der Waals surface area contributed by atoms with Crippen LogP contribution in [0.3, 0.4) is 0 Å². The highest BCUT2D eigenvalue weighted by molar-refractivity contribution is 5.78. The molecular weight excluding hydrogens is 188 g/mol. The predicted octanol–water partition coefficient (Wildman–Crippen LogP) is 1.64. The molecule has 0 aliphatic rings. The molecular formula is C12H14N2O. The van der Waals surface area contributed by atoms with Crippen molar-refractivity contribution in [2.75, 3.05) is 6.54 Å². The summed E-state index contributed by atoms with van der Waals surface area (Å²) in [5.74, 6) is 0. The van der Waals surface area contributed by atoms with Crippen molar-refractivity contribution in [3.8, 4) is 0 Å². The molecule has 0 aliphatic heterocycles. The van der Waals surface area contributed by atoms with Crippen molar-refractivity contribution < 1.29 is 0 Å². The number of benzene rings is 1. The Morgan fingerprint density at radius 2 is 2.13 bits per heavy atom. The van der Waals surface area contributed by atoms with Gasteiger partial charge in [0.25, 0.3) is 5.56 Å². The minimum Gasteiger partial charge on any atom is -0.322 e. The molecule has 0 aliphatic carbocycles. The fourth-order valence-electron chi connectivity index (χ4n) is 1.58. The quantitative estimate of drug-likeness (QED) is 0.794. The Labute approximate surface area is 88.1 Å². The summed E-state index contributed by atoms with van der Waals surface area (Å²) in [6, 6.07) is 9.74. The average Bonchev–Trinajstić information content (AvgIpc) is 2.26. The van der Waals surface area contributed by atoms with E-state index >= 15 is 0 Å². The molecule has 0 spiro atoms. The van der Waals surface area contributed by atoms with Gasteiger partial charge in [0.15, 0.2) is 0 Å². The van der Waals surface area contributed by atoms with Crippen molar-refractivity contribution in [2.24, 2.45) is 0 Å². The van der Waals surface area contributed by atoms with Crippen molar-refractivity contribution in [2.45, 2.75) is 13.5 Å². The van der Waals surface area contributed by atoms with Crippen LogP contribution in [0.2, 0.25) is 0 Å². The fraction of sp³-hybridized carbons (Fsp3) is 0.250. The molecule has 3 heteroatoms. The van der Waals surface area contributed by atoms with E-state index in [2.05, 4.69) is 10.3 Å². The van der Waals surface area contributed by atoms with Gasteiger partial charge in [-0.3, -0.25) is 4.79 Å². The van der Waals surface area contributed by atoms with Crippen molar-refractivity contribution >= 4 is 10.9 Å². The summed E-state index contributed by atoms with van der Waals surface area (Å²) in [5.41, 5.74) is 1.67. The van der Waals surface area contributed by atoms with E-state index in [-0.39, 0.29) is 5.56 Å². The SMILES string of the molecule is CCNCc1cc2ccccc2[nH]c1=O. The van der Waals surface area contributed by atoms with Crippen LogP contribution in [0.15, 0.2) is 35.1 Å². The van der Waals surface area contributed by atoms with Gasteiger partial charge >= 0.3 is 0 Å². The minimum absolute atomic E-state index is 0.00495.